The number of aromatic nitrogens is 1. The van der Waals surface area contributed by atoms with Crippen molar-refractivity contribution in [3.8, 4) is 0 Å². The van der Waals surface area contributed by atoms with Crippen LogP contribution in [0, 0.1) is 6.92 Å². The van der Waals surface area contributed by atoms with Gasteiger partial charge in [0, 0.05) is 18.1 Å². The summed E-state index contributed by atoms with van der Waals surface area (Å²) in [5.74, 6) is -0.491. The van der Waals surface area contributed by atoms with Gasteiger partial charge in [0.05, 0.1) is 11.1 Å². The van der Waals surface area contributed by atoms with Gasteiger partial charge >= 0.3 is 6.18 Å². The second-order valence-corrected chi connectivity index (χ2v) is 4.22. The number of nitrogens with zero attached hydrogens (tertiary/aromatic N) is 1. The Morgan fingerprint density at radius 3 is 2.65 bits per heavy atom. The van der Waals surface area contributed by atoms with Gasteiger partial charge in [-0.2, -0.15) is 13.2 Å². The molecule has 1 N–H and O–H groups in total. The highest BCUT2D eigenvalue weighted by molar-refractivity contribution is 6.05. The van der Waals surface area contributed by atoms with Crippen LogP contribution in [0.3, 0.4) is 0 Å². The number of amides is 1. The number of benzene rings is 1. The van der Waals surface area contributed by atoms with Crippen LogP contribution in [0.4, 0.5) is 18.9 Å². The highest BCUT2D eigenvalue weighted by Crippen LogP contribution is 2.30. The van der Waals surface area contributed by atoms with Gasteiger partial charge < -0.3 is 5.32 Å². The van der Waals surface area contributed by atoms with Gasteiger partial charge in [0.1, 0.15) is 0 Å². The van der Waals surface area contributed by atoms with Gasteiger partial charge in [-0.1, -0.05) is 6.07 Å². The smallest absolute Gasteiger partial charge is 0.322 e. The zero-order valence-corrected chi connectivity index (χ0v) is 10.5. The van der Waals surface area contributed by atoms with E-state index in [1.807, 2.05) is 0 Å². The van der Waals surface area contributed by atoms with Crippen LogP contribution >= 0.6 is 0 Å². The molecule has 1 amide bonds. The Hall–Kier alpha value is -2.37. The molecule has 1 aromatic carbocycles. The molecule has 0 saturated carbocycles. The number of carbonyl (C=O) groups excluding carboxylic acids is 1. The SMILES string of the molecule is Cc1ccncc1C(=O)Nc1cccc(C(F)(F)F)c1. The Morgan fingerprint density at radius 2 is 2.00 bits per heavy atom. The molecule has 2 aromatic rings. The summed E-state index contributed by atoms with van der Waals surface area (Å²) in [6, 6.07) is 6.14. The van der Waals surface area contributed by atoms with Gasteiger partial charge in [0.25, 0.3) is 5.91 Å². The normalized spacial score (nSPS) is 11.2. The van der Waals surface area contributed by atoms with E-state index in [-0.39, 0.29) is 5.69 Å². The number of hydrogen-bond acceptors (Lipinski definition) is 2. The summed E-state index contributed by atoms with van der Waals surface area (Å²) in [5.41, 5.74) is 0.306. The van der Waals surface area contributed by atoms with Crippen LogP contribution in [0.5, 0.6) is 0 Å². The Kier molecular flexibility index (Phi) is 3.74. The lowest BCUT2D eigenvalue weighted by molar-refractivity contribution is -0.137. The number of carbonyl (C=O) groups is 1. The van der Waals surface area contributed by atoms with E-state index < -0.39 is 17.6 Å². The number of hydrogen-bond donors (Lipinski definition) is 1. The van der Waals surface area contributed by atoms with Crippen molar-refractivity contribution in [1.29, 1.82) is 0 Å². The Labute approximate surface area is 113 Å². The van der Waals surface area contributed by atoms with Gasteiger partial charge in [-0.3, -0.25) is 9.78 Å². The van der Waals surface area contributed by atoms with E-state index in [0.29, 0.717) is 11.1 Å². The minimum absolute atomic E-state index is 0.0908. The standard InChI is InChI=1S/C14H11F3N2O/c1-9-5-6-18-8-12(9)13(20)19-11-4-2-3-10(7-11)14(15,16)17/h2-8H,1H3,(H,19,20). The van der Waals surface area contributed by atoms with Crippen molar-refractivity contribution >= 4 is 11.6 Å². The van der Waals surface area contributed by atoms with Gasteiger partial charge in [-0.15, -0.1) is 0 Å². The van der Waals surface area contributed by atoms with E-state index in [0.717, 1.165) is 12.1 Å². The first-order valence-electron chi connectivity index (χ1n) is 5.77. The monoisotopic (exact) mass is 280 g/mol. The lowest BCUT2D eigenvalue weighted by Crippen LogP contribution is -2.14. The van der Waals surface area contributed by atoms with Crippen LogP contribution in [-0.2, 0) is 6.18 Å². The maximum atomic E-state index is 12.6. The van der Waals surface area contributed by atoms with Crippen LogP contribution < -0.4 is 5.32 Å². The molecule has 0 aliphatic heterocycles. The molecule has 2 rings (SSSR count). The van der Waals surface area contributed by atoms with E-state index in [4.69, 9.17) is 0 Å². The van der Waals surface area contributed by atoms with Crippen molar-refractivity contribution in [2.75, 3.05) is 5.32 Å². The van der Waals surface area contributed by atoms with E-state index in [9.17, 15) is 18.0 Å². The van der Waals surface area contributed by atoms with Crippen LogP contribution in [-0.4, -0.2) is 10.9 Å². The Morgan fingerprint density at radius 1 is 1.25 bits per heavy atom. The number of pyridine rings is 1. The number of anilines is 1. The summed E-state index contributed by atoms with van der Waals surface area (Å²) in [6.45, 7) is 1.72. The summed E-state index contributed by atoms with van der Waals surface area (Å²) < 4.78 is 37.7. The fraction of sp³-hybridized carbons (Fsp3) is 0.143. The van der Waals surface area contributed by atoms with E-state index >= 15 is 0 Å². The minimum Gasteiger partial charge on any atom is -0.322 e. The van der Waals surface area contributed by atoms with E-state index in [1.54, 1.807) is 13.0 Å². The Balaban J connectivity index is 2.23. The molecule has 0 aliphatic carbocycles. The topological polar surface area (TPSA) is 42.0 Å². The second kappa shape index (κ2) is 5.32. The van der Waals surface area contributed by atoms with Gasteiger partial charge in [-0.05, 0) is 36.8 Å². The first-order chi connectivity index (χ1) is 9.38. The largest absolute Gasteiger partial charge is 0.416 e. The summed E-state index contributed by atoms with van der Waals surface area (Å²) >= 11 is 0. The van der Waals surface area contributed by atoms with Crippen LogP contribution in [0.2, 0.25) is 0 Å². The molecule has 1 aromatic heterocycles. The summed E-state index contributed by atoms with van der Waals surface area (Å²) in [5, 5.41) is 2.43. The third kappa shape index (κ3) is 3.14. The second-order valence-electron chi connectivity index (χ2n) is 4.22. The molecule has 1 heterocycles. The molecule has 0 spiro atoms. The molecule has 3 nitrogen and oxygen atoms in total. The van der Waals surface area contributed by atoms with Crippen LogP contribution in [0.1, 0.15) is 21.5 Å². The molecule has 0 fully saturated rings. The molecule has 20 heavy (non-hydrogen) atoms. The minimum atomic E-state index is -4.44. The third-order valence-electron chi connectivity index (χ3n) is 2.73. The van der Waals surface area contributed by atoms with Crippen molar-refractivity contribution in [3.63, 3.8) is 0 Å². The molecule has 6 heteroatoms. The molecule has 0 unspecified atom stereocenters. The highest BCUT2D eigenvalue weighted by atomic mass is 19.4. The molecule has 0 radical (unpaired) electrons. The zero-order valence-electron chi connectivity index (χ0n) is 10.5. The number of aryl methyl sites for hydroxylation is 1. The summed E-state index contributed by atoms with van der Waals surface area (Å²) in [4.78, 5) is 15.8. The average Bonchev–Trinajstić information content (AvgIpc) is 2.38. The third-order valence-corrected chi connectivity index (χ3v) is 2.73. The first-order valence-corrected chi connectivity index (χ1v) is 5.77. The lowest BCUT2D eigenvalue weighted by atomic mass is 10.1. The molecular weight excluding hydrogens is 269 g/mol. The molecule has 0 atom stereocenters. The van der Waals surface area contributed by atoms with Crippen LogP contribution in [0.25, 0.3) is 0 Å². The van der Waals surface area contributed by atoms with Gasteiger partial charge in [0.2, 0.25) is 0 Å². The van der Waals surface area contributed by atoms with Crippen LogP contribution in [0.15, 0.2) is 42.7 Å². The fourth-order valence-electron chi connectivity index (χ4n) is 1.67. The average molecular weight is 280 g/mol. The summed E-state index contributed by atoms with van der Waals surface area (Å²) in [6.07, 6.45) is -1.53. The maximum Gasteiger partial charge on any atom is 0.416 e. The van der Waals surface area contributed by atoms with Crippen molar-refractivity contribution < 1.29 is 18.0 Å². The van der Waals surface area contributed by atoms with Gasteiger partial charge in [0.15, 0.2) is 0 Å². The predicted molar refractivity (Wildman–Crippen MR) is 68.4 cm³/mol. The zero-order chi connectivity index (χ0) is 14.8. The molecule has 0 aliphatic rings. The number of rotatable bonds is 2. The number of halogens is 3. The molecule has 104 valence electrons. The summed E-state index contributed by atoms with van der Waals surface area (Å²) in [7, 11) is 0. The van der Waals surface area contributed by atoms with Gasteiger partial charge in [-0.25, -0.2) is 0 Å². The van der Waals surface area contributed by atoms with Crippen molar-refractivity contribution in [1.82, 2.24) is 4.98 Å². The first kappa shape index (κ1) is 14.0. The highest BCUT2D eigenvalue weighted by Gasteiger charge is 2.30. The number of alkyl halides is 3. The van der Waals surface area contributed by atoms with E-state index in [2.05, 4.69) is 10.3 Å². The van der Waals surface area contributed by atoms with Crippen molar-refractivity contribution in [2.45, 2.75) is 13.1 Å². The quantitative estimate of drug-likeness (QED) is 0.912. The van der Waals surface area contributed by atoms with Crippen molar-refractivity contribution in [2.24, 2.45) is 0 Å². The molecule has 0 bridgehead atoms. The van der Waals surface area contributed by atoms with E-state index in [1.165, 1.54) is 24.5 Å². The lowest BCUT2D eigenvalue weighted by Gasteiger charge is -2.10. The maximum absolute atomic E-state index is 12.6. The predicted octanol–water partition coefficient (Wildman–Crippen LogP) is 3.66. The Bertz CT molecular complexity index is 638. The fourth-order valence-corrected chi connectivity index (χ4v) is 1.67. The molecular formula is C14H11F3N2O. The van der Waals surface area contributed by atoms with Crippen molar-refractivity contribution in [3.05, 3.63) is 59.4 Å². The molecule has 0 saturated heterocycles. The number of nitrogens with one attached hydrogen (secondary N) is 1.